The third-order valence-electron chi connectivity index (χ3n) is 2.01. The summed E-state index contributed by atoms with van der Waals surface area (Å²) in [5.74, 6) is -0.624. The van der Waals surface area contributed by atoms with E-state index in [1.54, 1.807) is 12.1 Å². The first-order valence-electron chi connectivity index (χ1n) is 4.26. The monoisotopic (exact) mass is 211 g/mol. The molecule has 0 aliphatic rings. The van der Waals surface area contributed by atoms with Crippen LogP contribution >= 0.6 is 11.6 Å². The zero-order chi connectivity index (χ0) is 10.9. The second-order valence-corrected chi connectivity index (χ2v) is 4.53. The predicted molar refractivity (Wildman–Crippen MR) is 54.8 cm³/mol. The van der Waals surface area contributed by atoms with E-state index in [0.717, 1.165) is 5.56 Å². The lowest BCUT2D eigenvalue weighted by atomic mass is 9.86. The Morgan fingerprint density at radius 2 is 1.93 bits per heavy atom. The Labute approximate surface area is 88.1 Å². The lowest BCUT2D eigenvalue weighted by Crippen LogP contribution is -2.12. The van der Waals surface area contributed by atoms with Crippen molar-refractivity contribution in [3.8, 4) is 6.07 Å². The third-order valence-corrected chi connectivity index (χ3v) is 2.38. The molecular formula is C11H11ClFN. The van der Waals surface area contributed by atoms with Crippen molar-refractivity contribution in [2.75, 3.05) is 0 Å². The zero-order valence-corrected chi connectivity index (χ0v) is 9.11. The highest BCUT2D eigenvalue weighted by molar-refractivity contribution is 6.31. The van der Waals surface area contributed by atoms with Gasteiger partial charge in [-0.25, -0.2) is 4.39 Å². The number of halogens is 2. The lowest BCUT2D eigenvalue weighted by molar-refractivity contribution is 0.571. The molecular weight excluding hydrogens is 201 g/mol. The van der Waals surface area contributed by atoms with E-state index in [9.17, 15) is 4.39 Å². The number of hydrogen-bond acceptors (Lipinski definition) is 1. The molecule has 0 aromatic heterocycles. The summed E-state index contributed by atoms with van der Waals surface area (Å²) < 4.78 is 13.4. The average molecular weight is 212 g/mol. The Balaban J connectivity index is 3.41. The van der Waals surface area contributed by atoms with Crippen molar-refractivity contribution in [1.82, 2.24) is 0 Å². The molecule has 0 spiro atoms. The van der Waals surface area contributed by atoms with Crippen molar-refractivity contribution >= 4 is 11.6 Å². The van der Waals surface area contributed by atoms with Crippen LogP contribution in [0.3, 0.4) is 0 Å². The molecule has 0 saturated heterocycles. The highest BCUT2D eigenvalue weighted by Gasteiger charge is 2.21. The van der Waals surface area contributed by atoms with Crippen molar-refractivity contribution in [3.05, 3.63) is 34.1 Å². The van der Waals surface area contributed by atoms with E-state index in [-0.39, 0.29) is 16.0 Å². The van der Waals surface area contributed by atoms with Gasteiger partial charge in [-0.1, -0.05) is 38.4 Å². The second-order valence-electron chi connectivity index (χ2n) is 4.15. The van der Waals surface area contributed by atoms with Crippen LogP contribution in [-0.4, -0.2) is 0 Å². The van der Waals surface area contributed by atoms with Gasteiger partial charge in [0.15, 0.2) is 5.82 Å². The van der Waals surface area contributed by atoms with Gasteiger partial charge in [0.2, 0.25) is 0 Å². The average Bonchev–Trinajstić information content (AvgIpc) is 2.07. The normalized spacial score (nSPS) is 11.1. The summed E-state index contributed by atoms with van der Waals surface area (Å²) in [4.78, 5) is 0. The first kappa shape index (κ1) is 11.0. The van der Waals surface area contributed by atoms with Crippen LogP contribution < -0.4 is 0 Å². The van der Waals surface area contributed by atoms with Gasteiger partial charge in [0.05, 0.1) is 10.6 Å². The van der Waals surface area contributed by atoms with Crippen LogP contribution in [0, 0.1) is 17.1 Å². The lowest BCUT2D eigenvalue weighted by Gasteiger charge is -2.20. The molecule has 3 heteroatoms. The first-order valence-corrected chi connectivity index (χ1v) is 4.64. The number of hydrogen-bond donors (Lipinski definition) is 0. The Hall–Kier alpha value is -1.07. The van der Waals surface area contributed by atoms with Crippen molar-refractivity contribution in [1.29, 1.82) is 5.26 Å². The molecule has 1 nitrogen and oxygen atoms in total. The minimum Gasteiger partial charge on any atom is -0.204 e. The van der Waals surface area contributed by atoms with Gasteiger partial charge in [0.25, 0.3) is 0 Å². The molecule has 1 aromatic carbocycles. The zero-order valence-electron chi connectivity index (χ0n) is 8.36. The van der Waals surface area contributed by atoms with Crippen LogP contribution in [0.4, 0.5) is 4.39 Å². The van der Waals surface area contributed by atoms with Gasteiger partial charge in [0.1, 0.15) is 6.07 Å². The van der Waals surface area contributed by atoms with E-state index in [2.05, 4.69) is 0 Å². The Bertz CT molecular complexity index is 399. The molecule has 0 aliphatic carbocycles. The van der Waals surface area contributed by atoms with Crippen molar-refractivity contribution in [2.24, 2.45) is 0 Å². The molecule has 0 saturated carbocycles. The molecule has 0 fully saturated rings. The predicted octanol–water partition coefficient (Wildman–Crippen LogP) is 3.65. The minimum absolute atomic E-state index is 0.0111. The first-order chi connectivity index (χ1) is 6.38. The molecule has 0 bridgehead atoms. The van der Waals surface area contributed by atoms with E-state index < -0.39 is 5.82 Å². The second kappa shape index (κ2) is 3.59. The van der Waals surface area contributed by atoms with E-state index in [1.165, 1.54) is 6.07 Å². The summed E-state index contributed by atoms with van der Waals surface area (Å²) in [6.45, 7) is 5.83. The highest BCUT2D eigenvalue weighted by atomic mass is 35.5. The van der Waals surface area contributed by atoms with Gasteiger partial charge in [-0.05, 0) is 17.0 Å². The largest absolute Gasteiger partial charge is 0.204 e. The summed E-state index contributed by atoms with van der Waals surface area (Å²) in [6.07, 6.45) is 0. The van der Waals surface area contributed by atoms with Crippen LogP contribution in [0.2, 0.25) is 5.02 Å². The fraction of sp³-hybridized carbons (Fsp3) is 0.364. The molecule has 0 unspecified atom stereocenters. The van der Waals surface area contributed by atoms with Crippen molar-refractivity contribution < 1.29 is 4.39 Å². The van der Waals surface area contributed by atoms with Crippen LogP contribution in [-0.2, 0) is 5.41 Å². The van der Waals surface area contributed by atoms with Gasteiger partial charge >= 0.3 is 0 Å². The number of nitriles is 1. The van der Waals surface area contributed by atoms with E-state index in [4.69, 9.17) is 16.9 Å². The summed E-state index contributed by atoms with van der Waals surface area (Å²) in [7, 11) is 0. The number of nitrogens with zero attached hydrogens (tertiary/aromatic N) is 1. The summed E-state index contributed by atoms with van der Waals surface area (Å²) in [5, 5.41) is 8.64. The Morgan fingerprint density at radius 3 is 2.36 bits per heavy atom. The summed E-state index contributed by atoms with van der Waals surface area (Å²) in [6, 6.07) is 4.91. The van der Waals surface area contributed by atoms with E-state index in [0.29, 0.717) is 0 Å². The molecule has 1 aromatic rings. The highest BCUT2D eigenvalue weighted by Crippen LogP contribution is 2.32. The van der Waals surface area contributed by atoms with Crippen LogP contribution in [0.1, 0.15) is 31.9 Å². The molecule has 0 aliphatic heterocycles. The van der Waals surface area contributed by atoms with Gasteiger partial charge in [-0.15, -0.1) is 0 Å². The van der Waals surface area contributed by atoms with Crippen LogP contribution in [0.5, 0.6) is 0 Å². The Morgan fingerprint density at radius 1 is 1.36 bits per heavy atom. The molecule has 0 amide bonds. The third kappa shape index (κ3) is 1.88. The maximum Gasteiger partial charge on any atom is 0.159 e. The number of benzene rings is 1. The maximum atomic E-state index is 13.4. The van der Waals surface area contributed by atoms with Gasteiger partial charge in [0, 0.05) is 0 Å². The van der Waals surface area contributed by atoms with Gasteiger partial charge in [-0.2, -0.15) is 5.26 Å². The minimum atomic E-state index is -0.624. The van der Waals surface area contributed by atoms with Crippen molar-refractivity contribution in [3.63, 3.8) is 0 Å². The van der Waals surface area contributed by atoms with E-state index >= 15 is 0 Å². The summed E-state index contributed by atoms with van der Waals surface area (Å²) in [5.41, 5.74) is 0.491. The smallest absolute Gasteiger partial charge is 0.159 e. The number of rotatable bonds is 0. The SMILES string of the molecule is CC(C)(C)c1ccc(C#N)c(F)c1Cl. The Kier molecular flexibility index (Phi) is 2.82. The van der Waals surface area contributed by atoms with Crippen LogP contribution in [0.15, 0.2) is 12.1 Å². The summed E-state index contributed by atoms with van der Waals surface area (Å²) >= 11 is 5.84. The van der Waals surface area contributed by atoms with Crippen molar-refractivity contribution in [2.45, 2.75) is 26.2 Å². The van der Waals surface area contributed by atoms with Crippen LogP contribution in [0.25, 0.3) is 0 Å². The molecule has 14 heavy (non-hydrogen) atoms. The molecule has 0 heterocycles. The van der Waals surface area contributed by atoms with Gasteiger partial charge in [-0.3, -0.25) is 0 Å². The molecule has 0 N–H and O–H groups in total. The standard InChI is InChI=1S/C11H11ClFN/c1-11(2,3)8-5-4-7(6-14)10(13)9(8)12/h4-5H,1-3H3. The topological polar surface area (TPSA) is 23.8 Å². The van der Waals surface area contributed by atoms with Gasteiger partial charge < -0.3 is 0 Å². The molecule has 1 rings (SSSR count). The molecule has 0 atom stereocenters. The fourth-order valence-corrected chi connectivity index (χ4v) is 1.66. The van der Waals surface area contributed by atoms with E-state index in [1.807, 2.05) is 20.8 Å². The quantitative estimate of drug-likeness (QED) is 0.643. The molecule has 74 valence electrons. The molecule has 0 radical (unpaired) electrons. The maximum absolute atomic E-state index is 13.4. The fourth-order valence-electron chi connectivity index (χ4n) is 1.22.